The van der Waals surface area contributed by atoms with Gasteiger partial charge in [-0.05, 0) is 48.7 Å². The molecule has 1 saturated heterocycles. The molecule has 2 aromatic carbocycles. The molecule has 2 aromatic rings. The van der Waals surface area contributed by atoms with Crippen molar-refractivity contribution < 1.29 is 19.4 Å². The van der Waals surface area contributed by atoms with Gasteiger partial charge in [-0.1, -0.05) is 12.1 Å². The lowest BCUT2D eigenvalue weighted by molar-refractivity contribution is -0.0382. The first-order chi connectivity index (χ1) is 12.2. The first-order valence-corrected chi connectivity index (χ1v) is 8.56. The van der Waals surface area contributed by atoms with Crippen LogP contribution in [0.25, 0.3) is 0 Å². The quantitative estimate of drug-likeness (QED) is 0.884. The largest absolute Gasteiger partial charge is 0.497 e. The van der Waals surface area contributed by atoms with Gasteiger partial charge in [0.25, 0.3) is 0 Å². The van der Waals surface area contributed by atoms with Crippen molar-refractivity contribution in [1.82, 2.24) is 0 Å². The van der Waals surface area contributed by atoms with E-state index < -0.39 is 5.97 Å². The number of methoxy groups -OCH3 is 1. The third kappa shape index (κ3) is 2.85. The lowest BCUT2D eigenvalue weighted by Crippen LogP contribution is -2.36. The van der Waals surface area contributed by atoms with Crippen molar-refractivity contribution in [3.05, 3.63) is 59.2 Å². The number of rotatable bonds is 3. The van der Waals surface area contributed by atoms with E-state index in [1.54, 1.807) is 19.2 Å². The van der Waals surface area contributed by atoms with Crippen LogP contribution in [-0.2, 0) is 4.74 Å². The number of carboxylic acid groups (broad SMARTS) is 1. The van der Waals surface area contributed by atoms with Gasteiger partial charge in [-0.15, -0.1) is 0 Å². The number of fused-ring (bicyclic) bond motifs is 3. The number of benzene rings is 2. The molecule has 4 rings (SSSR count). The van der Waals surface area contributed by atoms with E-state index in [0.29, 0.717) is 11.5 Å². The summed E-state index contributed by atoms with van der Waals surface area (Å²) in [5.41, 5.74) is 3.59. The fraction of sp³-hybridized carbons (Fsp3) is 0.350. The molecule has 2 N–H and O–H groups in total. The molecular weight excluding hydrogens is 318 g/mol. The second kappa shape index (κ2) is 6.41. The van der Waals surface area contributed by atoms with Crippen molar-refractivity contribution in [3.8, 4) is 5.75 Å². The maximum absolute atomic E-state index is 11.1. The van der Waals surface area contributed by atoms with E-state index in [9.17, 15) is 4.79 Å². The zero-order chi connectivity index (χ0) is 17.4. The first-order valence-electron chi connectivity index (χ1n) is 8.56. The summed E-state index contributed by atoms with van der Waals surface area (Å²) in [5.74, 6) is 0.237. The second-order valence-corrected chi connectivity index (χ2v) is 6.60. The van der Waals surface area contributed by atoms with Crippen LogP contribution < -0.4 is 10.1 Å². The lowest BCUT2D eigenvalue weighted by atomic mass is 9.77. The maximum Gasteiger partial charge on any atom is 0.335 e. The zero-order valence-corrected chi connectivity index (χ0v) is 14.1. The summed E-state index contributed by atoms with van der Waals surface area (Å²) < 4.78 is 11.5. The molecule has 5 heteroatoms. The highest BCUT2D eigenvalue weighted by Gasteiger charge is 2.39. The van der Waals surface area contributed by atoms with Crippen molar-refractivity contribution in [3.63, 3.8) is 0 Å². The van der Waals surface area contributed by atoms with Crippen LogP contribution in [0.1, 0.15) is 46.5 Å². The summed E-state index contributed by atoms with van der Waals surface area (Å²) in [6, 6.07) is 13.3. The van der Waals surface area contributed by atoms with Crippen molar-refractivity contribution in [1.29, 1.82) is 0 Å². The van der Waals surface area contributed by atoms with Crippen LogP contribution >= 0.6 is 0 Å². The molecule has 3 atom stereocenters. The topological polar surface area (TPSA) is 67.8 Å². The molecule has 1 fully saturated rings. The molecule has 0 unspecified atom stereocenters. The number of aromatic carboxylic acids is 1. The highest BCUT2D eigenvalue weighted by atomic mass is 16.5. The third-order valence-electron chi connectivity index (χ3n) is 5.19. The van der Waals surface area contributed by atoms with Gasteiger partial charge in [0.2, 0.25) is 0 Å². The van der Waals surface area contributed by atoms with E-state index in [1.807, 2.05) is 24.3 Å². The zero-order valence-electron chi connectivity index (χ0n) is 14.1. The summed E-state index contributed by atoms with van der Waals surface area (Å²) in [7, 11) is 1.67. The third-order valence-corrected chi connectivity index (χ3v) is 5.19. The number of carboxylic acids is 1. The van der Waals surface area contributed by atoms with Gasteiger partial charge in [0, 0.05) is 23.8 Å². The van der Waals surface area contributed by atoms with E-state index in [0.717, 1.165) is 42.0 Å². The Morgan fingerprint density at radius 2 is 2.04 bits per heavy atom. The van der Waals surface area contributed by atoms with Crippen molar-refractivity contribution in [2.75, 3.05) is 19.0 Å². The molecule has 0 spiro atoms. The minimum atomic E-state index is -0.903. The Bertz CT molecular complexity index is 787. The number of carbonyl (C=O) groups is 1. The average Bonchev–Trinajstić information content (AvgIpc) is 2.67. The molecule has 0 aliphatic carbocycles. The molecule has 2 aliphatic rings. The molecule has 0 aromatic heterocycles. The highest BCUT2D eigenvalue weighted by Crippen LogP contribution is 2.49. The van der Waals surface area contributed by atoms with E-state index >= 15 is 0 Å². The van der Waals surface area contributed by atoms with Gasteiger partial charge >= 0.3 is 5.97 Å². The molecule has 130 valence electrons. The second-order valence-electron chi connectivity index (χ2n) is 6.60. The van der Waals surface area contributed by atoms with E-state index in [1.165, 1.54) is 0 Å². The van der Waals surface area contributed by atoms with Crippen LogP contribution in [0.15, 0.2) is 42.5 Å². The Morgan fingerprint density at radius 1 is 1.24 bits per heavy atom. The SMILES string of the molecule is COc1ccc2c(c1)[C@@H]1OCCC[C@H]1[C@H](c1ccc(C(=O)O)cc1)N2. The van der Waals surface area contributed by atoms with Crippen molar-refractivity contribution >= 4 is 11.7 Å². The van der Waals surface area contributed by atoms with Gasteiger partial charge in [-0.2, -0.15) is 0 Å². The van der Waals surface area contributed by atoms with Crippen molar-refractivity contribution in [2.45, 2.75) is 25.0 Å². The summed E-state index contributed by atoms with van der Waals surface area (Å²) in [6.45, 7) is 0.766. The Kier molecular flexibility index (Phi) is 4.09. The summed E-state index contributed by atoms with van der Waals surface area (Å²) in [4.78, 5) is 11.1. The number of anilines is 1. The Labute approximate surface area is 146 Å². The smallest absolute Gasteiger partial charge is 0.335 e. The normalized spacial score (nSPS) is 24.6. The first kappa shape index (κ1) is 16.0. The number of ether oxygens (including phenoxy) is 2. The van der Waals surface area contributed by atoms with Crippen LogP contribution in [0.3, 0.4) is 0 Å². The standard InChI is InChI=1S/C20H21NO4/c1-24-14-8-9-17-16(11-14)19-15(3-2-10-25-19)18(21-17)12-4-6-13(7-5-12)20(22)23/h4-9,11,15,18-19,21H,2-3,10H2,1H3,(H,22,23)/t15-,18-,19+/m0/s1. The van der Waals surface area contributed by atoms with Crippen molar-refractivity contribution in [2.24, 2.45) is 5.92 Å². The number of nitrogens with one attached hydrogen (secondary N) is 1. The highest BCUT2D eigenvalue weighted by molar-refractivity contribution is 5.87. The molecule has 0 radical (unpaired) electrons. The molecule has 25 heavy (non-hydrogen) atoms. The van der Waals surface area contributed by atoms with Gasteiger partial charge in [-0.3, -0.25) is 0 Å². The summed E-state index contributed by atoms with van der Waals surface area (Å²) >= 11 is 0. The molecule has 0 amide bonds. The van der Waals surface area contributed by atoms with E-state index in [4.69, 9.17) is 14.6 Å². The Morgan fingerprint density at radius 3 is 2.76 bits per heavy atom. The van der Waals surface area contributed by atoms with Crippen LogP contribution in [0.5, 0.6) is 5.75 Å². The Balaban J connectivity index is 1.72. The minimum absolute atomic E-state index is 0.0317. The molecule has 2 aliphatic heterocycles. The van der Waals surface area contributed by atoms with Gasteiger partial charge in [-0.25, -0.2) is 4.79 Å². The van der Waals surface area contributed by atoms with Gasteiger partial charge < -0.3 is 19.9 Å². The van der Waals surface area contributed by atoms with Gasteiger partial charge in [0.1, 0.15) is 5.75 Å². The minimum Gasteiger partial charge on any atom is -0.497 e. The fourth-order valence-electron chi connectivity index (χ4n) is 3.94. The molecular formula is C20H21NO4. The molecule has 5 nitrogen and oxygen atoms in total. The average molecular weight is 339 g/mol. The Hall–Kier alpha value is -2.53. The van der Waals surface area contributed by atoms with Gasteiger partial charge in [0.05, 0.1) is 24.8 Å². The van der Waals surface area contributed by atoms with Gasteiger partial charge in [0.15, 0.2) is 0 Å². The number of hydrogen-bond acceptors (Lipinski definition) is 4. The van der Waals surface area contributed by atoms with E-state index in [2.05, 4.69) is 11.4 Å². The summed E-state index contributed by atoms with van der Waals surface area (Å²) in [5, 5.41) is 12.7. The maximum atomic E-state index is 11.1. The van der Waals surface area contributed by atoms with Crippen LogP contribution in [-0.4, -0.2) is 24.8 Å². The molecule has 0 bridgehead atoms. The van der Waals surface area contributed by atoms with Crippen LogP contribution in [0, 0.1) is 5.92 Å². The number of hydrogen-bond donors (Lipinski definition) is 2. The molecule has 2 heterocycles. The fourth-order valence-corrected chi connectivity index (χ4v) is 3.94. The van der Waals surface area contributed by atoms with Crippen LogP contribution in [0.4, 0.5) is 5.69 Å². The summed E-state index contributed by atoms with van der Waals surface area (Å²) in [6.07, 6.45) is 2.13. The monoisotopic (exact) mass is 339 g/mol. The predicted molar refractivity (Wildman–Crippen MR) is 94.2 cm³/mol. The lowest BCUT2D eigenvalue weighted by Gasteiger charge is -2.43. The molecule has 0 saturated carbocycles. The van der Waals surface area contributed by atoms with Crippen LogP contribution in [0.2, 0.25) is 0 Å². The predicted octanol–water partition coefficient (Wildman–Crippen LogP) is 4.03. The van der Waals surface area contributed by atoms with E-state index in [-0.39, 0.29) is 12.1 Å².